The van der Waals surface area contributed by atoms with Crippen molar-refractivity contribution in [2.45, 2.75) is 6.92 Å². The Kier molecular flexibility index (Phi) is 2.63. The van der Waals surface area contributed by atoms with Crippen molar-refractivity contribution in [3.63, 3.8) is 0 Å². The molecular weight excluding hydrogens is 296 g/mol. The molecule has 3 aromatic carbocycles. The summed E-state index contributed by atoms with van der Waals surface area (Å²) in [7, 11) is 2.07. The van der Waals surface area contributed by atoms with E-state index >= 15 is 0 Å². The molecule has 5 aromatic rings. The molecule has 0 unspecified atom stereocenters. The van der Waals surface area contributed by atoms with Gasteiger partial charge in [-0.2, -0.15) is 4.40 Å². The van der Waals surface area contributed by atoms with Gasteiger partial charge in [-0.3, -0.25) is 0 Å². The van der Waals surface area contributed by atoms with E-state index in [9.17, 15) is 0 Å². The number of rotatable bonds is 1. The molecule has 5 rings (SSSR count). The monoisotopic (exact) mass is 313 g/mol. The van der Waals surface area contributed by atoms with Crippen LogP contribution in [0.1, 0.15) is 5.56 Å². The third kappa shape index (κ3) is 1.69. The molecule has 0 saturated carbocycles. The van der Waals surface area contributed by atoms with E-state index in [1.165, 1.54) is 21.9 Å². The summed E-state index contributed by atoms with van der Waals surface area (Å²) in [6.45, 7) is 2.19. The van der Waals surface area contributed by atoms with Crippen LogP contribution in [0.5, 0.6) is 0 Å². The summed E-state index contributed by atoms with van der Waals surface area (Å²) in [4.78, 5) is 0. The highest BCUT2D eigenvalue weighted by molar-refractivity contribution is 5.91. The van der Waals surface area contributed by atoms with Crippen LogP contribution < -0.4 is 4.57 Å². The van der Waals surface area contributed by atoms with E-state index in [2.05, 4.69) is 65.4 Å². The zero-order chi connectivity index (χ0) is 16.3. The van der Waals surface area contributed by atoms with E-state index in [0.717, 1.165) is 22.6 Å². The first-order valence-corrected chi connectivity index (χ1v) is 8.11. The van der Waals surface area contributed by atoms with E-state index in [0.29, 0.717) is 0 Å². The molecular formula is C21H17N2O+. The summed E-state index contributed by atoms with van der Waals surface area (Å²) < 4.78 is 10.3. The standard InChI is InChI=1S/C21H17N2O/c1-14-16-8-4-3-7-15(16)11-12-17(14)21-22(2)13-20-23(21)18-9-5-6-10-19(18)24-20/h3-13H,1-2H3/q+1. The topological polar surface area (TPSA) is 21.4 Å². The van der Waals surface area contributed by atoms with E-state index in [4.69, 9.17) is 4.42 Å². The zero-order valence-electron chi connectivity index (χ0n) is 13.7. The third-order valence-corrected chi connectivity index (χ3v) is 4.83. The second kappa shape index (κ2) is 4.71. The molecule has 2 heterocycles. The van der Waals surface area contributed by atoms with Gasteiger partial charge in [0.2, 0.25) is 0 Å². The van der Waals surface area contributed by atoms with Gasteiger partial charge in [-0.05, 0) is 41.5 Å². The van der Waals surface area contributed by atoms with Gasteiger partial charge in [0.1, 0.15) is 0 Å². The maximum absolute atomic E-state index is 6.00. The van der Waals surface area contributed by atoms with Crippen LogP contribution in [0.2, 0.25) is 0 Å². The SMILES string of the molecule is Cc1c(-c2n3c(c[n+]2C)oc2ccccc23)ccc2ccccc12. The first kappa shape index (κ1) is 13.4. The minimum atomic E-state index is 0.862. The lowest BCUT2D eigenvalue weighted by atomic mass is 9.99. The van der Waals surface area contributed by atoms with Gasteiger partial charge in [0.05, 0.1) is 12.6 Å². The Morgan fingerprint density at radius 3 is 2.62 bits per heavy atom. The van der Waals surface area contributed by atoms with Crippen LogP contribution in [0, 0.1) is 6.92 Å². The Hall–Kier alpha value is -3.07. The van der Waals surface area contributed by atoms with Crippen LogP contribution in [-0.4, -0.2) is 4.40 Å². The molecule has 0 aliphatic rings. The maximum atomic E-state index is 6.00. The largest absolute Gasteiger partial charge is 0.416 e. The van der Waals surface area contributed by atoms with Gasteiger partial charge in [-0.25, -0.2) is 4.57 Å². The number of aromatic nitrogens is 2. The first-order chi connectivity index (χ1) is 11.7. The number of hydrogen-bond donors (Lipinski definition) is 0. The summed E-state index contributed by atoms with van der Waals surface area (Å²) in [5.74, 6) is 1.14. The predicted molar refractivity (Wildman–Crippen MR) is 96.0 cm³/mol. The van der Waals surface area contributed by atoms with Crippen LogP contribution in [0.25, 0.3) is 39.0 Å². The number of imidazole rings is 1. The second-order valence-corrected chi connectivity index (χ2v) is 6.27. The fourth-order valence-electron chi connectivity index (χ4n) is 3.67. The minimum Gasteiger partial charge on any atom is -0.416 e. The van der Waals surface area contributed by atoms with Gasteiger partial charge in [0.25, 0.3) is 5.82 Å². The molecule has 0 N–H and O–H groups in total. The third-order valence-electron chi connectivity index (χ3n) is 4.83. The molecule has 3 heteroatoms. The normalized spacial score (nSPS) is 11.8. The van der Waals surface area contributed by atoms with Crippen molar-refractivity contribution in [3.8, 4) is 11.4 Å². The summed E-state index contributed by atoms with van der Waals surface area (Å²) >= 11 is 0. The fraction of sp³-hybridized carbons (Fsp3) is 0.0952. The highest BCUT2D eigenvalue weighted by Crippen LogP contribution is 2.31. The lowest BCUT2D eigenvalue weighted by molar-refractivity contribution is -0.658. The zero-order valence-corrected chi connectivity index (χ0v) is 13.7. The number of nitrogens with zero attached hydrogens (tertiary/aromatic N) is 2. The van der Waals surface area contributed by atoms with Crippen LogP contribution >= 0.6 is 0 Å². The molecule has 0 radical (unpaired) electrons. The molecule has 0 bridgehead atoms. The summed E-state index contributed by atoms with van der Waals surface area (Å²) in [6, 6.07) is 21.1. The van der Waals surface area contributed by atoms with Crippen LogP contribution in [0.3, 0.4) is 0 Å². The van der Waals surface area contributed by atoms with Crippen molar-refractivity contribution in [2.24, 2.45) is 7.05 Å². The minimum absolute atomic E-state index is 0.862. The number of hydrogen-bond acceptors (Lipinski definition) is 1. The lowest BCUT2D eigenvalue weighted by Crippen LogP contribution is -2.28. The molecule has 116 valence electrons. The van der Waals surface area contributed by atoms with Gasteiger partial charge < -0.3 is 4.42 Å². The molecule has 0 amide bonds. The molecule has 24 heavy (non-hydrogen) atoms. The maximum Gasteiger partial charge on any atom is 0.336 e. The smallest absolute Gasteiger partial charge is 0.336 e. The van der Waals surface area contributed by atoms with Crippen LogP contribution in [0.4, 0.5) is 0 Å². The van der Waals surface area contributed by atoms with Crippen molar-refractivity contribution in [2.75, 3.05) is 0 Å². The van der Waals surface area contributed by atoms with Gasteiger partial charge in [0.15, 0.2) is 17.3 Å². The Morgan fingerprint density at radius 1 is 0.917 bits per heavy atom. The predicted octanol–water partition coefficient (Wildman–Crippen LogP) is 4.64. The molecule has 0 fully saturated rings. The number of oxazole rings is 1. The highest BCUT2D eigenvalue weighted by Gasteiger charge is 2.25. The highest BCUT2D eigenvalue weighted by atomic mass is 16.3. The van der Waals surface area contributed by atoms with E-state index in [-0.39, 0.29) is 0 Å². The van der Waals surface area contributed by atoms with Crippen molar-refractivity contribution < 1.29 is 8.98 Å². The summed E-state index contributed by atoms with van der Waals surface area (Å²) in [6.07, 6.45) is 2.05. The average molecular weight is 313 g/mol. The molecule has 0 spiro atoms. The Labute approximate surface area is 139 Å². The van der Waals surface area contributed by atoms with Gasteiger partial charge in [-0.15, -0.1) is 0 Å². The molecule has 0 saturated heterocycles. The Bertz CT molecular complexity index is 1230. The molecule has 0 aliphatic carbocycles. The Balaban J connectivity index is 1.92. The van der Waals surface area contributed by atoms with Crippen LogP contribution in [-0.2, 0) is 7.05 Å². The van der Waals surface area contributed by atoms with E-state index < -0.39 is 0 Å². The average Bonchev–Trinajstić information content (AvgIpc) is 3.10. The molecule has 0 atom stereocenters. The fourth-order valence-corrected chi connectivity index (χ4v) is 3.67. The quantitative estimate of drug-likeness (QED) is 0.413. The van der Waals surface area contributed by atoms with E-state index in [1.807, 2.05) is 24.4 Å². The first-order valence-electron chi connectivity index (χ1n) is 8.11. The van der Waals surface area contributed by atoms with Gasteiger partial charge in [0, 0.05) is 0 Å². The molecule has 3 nitrogen and oxygen atoms in total. The van der Waals surface area contributed by atoms with Crippen molar-refractivity contribution >= 4 is 27.6 Å². The number of fused-ring (bicyclic) bond motifs is 4. The molecule has 2 aromatic heterocycles. The summed E-state index contributed by atoms with van der Waals surface area (Å²) in [5, 5.41) is 2.56. The van der Waals surface area contributed by atoms with E-state index in [1.54, 1.807) is 0 Å². The summed E-state index contributed by atoms with van der Waals surface area (Å²) in [5.41, 5.74) is 5.38. The van der Waals surface area contributed by atoms with Crippen molar-refractivity contribution in [1.29, 1.82) is 0 Å². The van der Waals surface area contributed by atoms with Gasteiger partial charge >= 0.3 is 5.71 Å². The Morgan fingerprint density at radius 2 is 1.71 bits per heavy atom. The number of para-hydroxylation sites is 2. The number of benzene rings is 3. The van der Waals surface area contributed by atoms with Gasteiger partial charge in [-0.1, -0.05) is 42.5 Å². The second-order valence-electron chi connectivity index (χ2n) is 6.27. The lowest BCUT2D eigenvalue weighted by Gasteiger charge is -2.06. The van der Waals surface area contributed by atoms with Crippen molar-refractivity contribution in [1.82, 2.24) is 4.40 Å². The van der Waals surface area contributed by atoms with Crippen LogP contribution in [0.15, 0.2) is 71.3 Å². The van der Waals surface area contributed by atoms with Crippen molar-refractivity contribution in [3.05, 3.63) is 72.4 Å². The molecule has 0 aliphatic heterocycles. The number of aryl methyl sites for hydroxylation is 2.